The molecular formula is C40H46F3N5O7S. The van der Waals surface area contributed by atoms with Crippen LogP contribution in [0.25, 0.3) is 33.8 Å². The Morgan fingerprint density at radius 2 is 1.82 bits per heavy atom. The van der Waals surface area contributed by atoms with Crippen molar-refractivity contribution in [2.24, 2.45) is 0 Å². The zero-order chi connectivity index (χ0) is 39.9. The molecule has 300 valence electrons. The van der Waals surface area contributed by atoms with E-state index in [0.717, 1.165) is 59.0 Å². The van der Waals surface area contributed by atoms with Gasteiger partial charge >= 0.3 is 6.18 Å². The number of amides is 2. The number of allylic oxidation sites excluding steroid dienone is 1. The Hall–Kier alpha value is -4.67. The second-order valence-corrected chi connectivity index (χ2v) is 17.2. The summed E-state index contributed by atoms with van der Waals surface area (Å²) < 4.78 is 89.8. The van der Waals surface area contributed by atoms with Crippen LogP contribution in [0, 0.1) is 0 Å². The van der Waals surface area contributed by atoms with E-state index >= 15 is 0 Å². The molecular weight excluding hydrogens is 752 g/mol. The number of hydrogen-bond donors (Lipinski definition) is 1. The molecule has 0 spiro atoms. The quantitative estimate of drug-likeness (QED) is 0.189. The van der Waals surface area contributed by atoms with Crippen LogP contribution >= 0.6 is 0 Å². The van der Waals surface area contributed by atoms with Crippen LogP contribution in [-0.4, -0.2) is 97.5 Å². The van der Waals surface area contributed by atoms with Gasteiger partial charge in [0.2, 0.25) is 10.0 Å². The largest absolute Gasteiger partial charge is 0.497 e. The van der Waals surface area contributed by atoms with E-state index in [1.54, 1.807) is 23.1 Å². The summed E-state index contributed by atoms with van der Waals surface area (Å²) in [7, 11) is -0.888. The van der Waals surface area contributed by atoms with Crippen LogP contribution < -0.4 is 9.46 Å². The maximum atomic E-state index is 14.3. The number of carbonyl (C=O) groups excluding carboxylic acids is 2. The Bertz CT molecular complexity index is 2290. The van der Waals surface area contributed by atoms with Crippen molar-refractivity contribution in [2.75, 3.05) is 40.5 Å². The molecule has 16 heteroatoms. The standard InChI is InChI=1S/C40H46F3N5O7S/c1-24(2)56(51,52)45-38(49)26-10-12-32-34(18-26)47-20-28(16-27-17-29(54-4)11-13-31(27)37(47)35(32)25-8-6-5-7-9-25)36-33(19-44-48(36)23-40(41,42)43)39(50)46-14-15-55-30(21-46)22-53-3/h10-13,16-19,24-25,30H,5-9,14-15,20-23H2,1-4H3,(H,45,49)/t30-/m0/s1. The molecule has 2 aromatic heterocycles. The van der Waals surface area contributed by atoms with E-state index in [1.807, 2.05) is 28.8 Å². The number of rotatable bonds is 10. The van der Waals surface area contributed by atoms with Crippen molar-refractivity contribution in [2.45, 2.75) is 82.5 Å². The lowest BCUT2D eigenvalue weighted by Gasteiger charge is -2.32. The van der Waals surface area contributed by atoms with Crippen molar-refractivity contribution < 1.29 is 45.4 Å². The molecule has 2 fully saturated rings. The molecule has 0 radical (unpaired) electrons. The van der Waals surface area contributed by atoms with Gasteiger partial charge in [0.15, 0.2) is 0 Å². The number of ether oxygens (including phenoxy) is 3. The van der Waals surface area contributed by atoms with Crippen molar-refractivity contribution >= 4 is 44.4 Å². The molecule has 4 heterocycles. The number of alkyl halides is 3. The maximum absolute atomic E-state index is 14.3. The van der Waals surface area contributed by atoms with Crippen LogP contribution in [0.1, 0.15) is 89.4 Å². The highest BCUT2D eigenvalue weighted by Gasteiger charge is 2.36. The summed E-state index contributed by atoms with van der Waals surface area (Å²) in [4.78, 5) is 29.4. The van der Waals surface area contributed by atoms with Crippen LogP contribution in [0.4, 0.5) is 13.2 Å². The fourth-order valence-electron chi connectivity index (χ4n) is 8.16. The van der Waals surface area contributed by atoms with Crippen molar-refractivity contribution in [3.63, 3.8) is 0 Å². The third-order valence-corrected chi connectivity index (χ3v) is 12.6. The van der Waals surface area contributed by atoms with E-state index in [2.05, 4.69) is 9.82 Å². The summed E-state index contributed by atoms with van der Waals surface area (Å²) in [5.41, 5.74) is 4.49. The van der Waals surface area contributed by atoms with Gasteiger partial charge in [-0.15, -0.1) is 0 Å². The predicted molar refractivity (Wildman–Crippen MR) is 205 cm³/mol. The minimum atomic E-state index is -4.66. The normalized spacial score (nSPS) is 18.0. The topological polar surface area (TPSA) is 134 Å². The second-order valence-electron chi connectivity index (χ2n) is 14.9. The molecule has 0 unspecified atom stereocenters. The number of nitrogens with zero attached hydrogens (tertiary/aromatic N) is 4. The average molecular weight is 798 g/mol. The lowest BCUT2D eigenvalue weighted by molar-refractivity contribution is -0.142. The van der Waals surface area contributed by atoms with Gasteiger partial charge in [0, 0.05) is 42.2 Å². The van der Waals surface area contributed by atoms with Crippen molar-refractivity contribution in [1.82, 2.24) is 24.0 Å². The second kappa shape index (κ2) is 15.7. The summed E-state index contributed by atoms with van der Waals surface area (Å²) in [6, 6.07) is 10.7. The van der Waals surface area contributed by atoms with Crippen molar-refractivity contribution in [3.05, 3.63) is 70.5 Å². The van der Waals surface area contributed by atoms with Crippen LogP contribution in [0.5, 0.6) is 5.75 Å². The number of hydrogen-bond acceptors (Lipinski definition) is 8. The summed E-state index contributed by atoms with van der Waals surface area (Å²) in [6.45, 7) is 2.41. The molecule has 1 atom stereocenters. The Morgan fingerprint density at radius 3 is 2.52 bits per heavy atom. The fraction of sp³-hybridized carbons (Fsp3) is 0.475. The molecule has 1 aliphatic carbocycles. The first-order chi connectivity index (χ1) is 26.7. The number of morpholine rings is 1. The number of benzene rings is 2. The average Bonchev–Trinajstić information content (AvgIpc) is 3.66. The van der Waals surface area contributed by atoms with Gasteiger partial charge in [0.05, 0.1) is 61.4 Å². The number of carbonyl (C=O) groups is 2. The first-order valence-electron chi connectivity index (χ1n) is 18.8. The van der Waals surface area contributed by atoms with Gasteiger partial charge in [-0.2, -0.15) is 18.3 Å². The first kappa shape index (κ1) is 39.6. The molecule has 7 rings (SSSR count). The molecule has 2 amide bonds. The molecule has 4 aromatic rings. The van der Waals surface area contributed by atoms with E-state index in [-0.39, 0.29) is 55.6 Å². The van der Waals surface area contributed by atoms with E-state index < -0.39 is 45.9 Å². The number of sulfonamides is 1. The predicted octanol–water partition coefficient (Wildman–Crippen LogP) is 6.63. The number of halogens is 3. The Kier molecular flexibility index (Phi) is 11.1. The van der Waals surface area contributed by atoms with Gasteiger partial charge in [-0.25, -0.2) is 13.1 Å². The van der Waals surface area contributed by atoms with Crippen molar-refractivity contribution in [3.8, 4) is 17.0 Å². The van der Waals surface area contributed by atoms with Gasteiger partial charge in [0.25, 0.3) is 11.8 Å². The van der Waals surface area contributed by atoms with Gasteiger partial charge in [-0.05, 0) is 85.7 Å². The van der Waals surface area contributed by atoms with E-state index in [0.29, 0.717) is 22.4 Å². The Morgan fingerprint density at radius 1 is 1.05 bits per heavy atom. The summed E-state index contributed by atoms with van der Waals surface area (Å²) >= 11 is 0. The van der Waals surface area contributed by atoms with Gasteiger partial charge in [0.1, 0.15) is 12.3 Å². The lowest BCUT2D eigenvalue weighted by atomic mass is 9.81. The molecule has 3 aliphatic rings. The Labute approximate surface area is 323 Å². The van der Waals surface area contributed by atoms with E-state index in [1.165, 1.54) is 34.3 Å². The molecule has 1 N–H and O–H groups in total. The van der Waals surface area contributed by atoms with Gasteiger partial charge in [-0.3, -0.25) is 14.3 Å². The molecule has 0 bridgehead atoms. The lowest BCUT2D eigenvalue weighted by Crippen LogP contribution is -2.47. The number of methoxy groups -OCH3 is 2. The van der Waals surface area contributed by atoms with Crippen LogP contribution in [0.15, 0.2) is 42.6 Å². The van der Waals surface area contributed by atoms with Crippen LogP contribution in [0.3, 0.4) is 0 Å². The SMILES string of the molecule is COC[C@@H]1CN(C(=O)c2cnn(CC(F)(F)F)c2C2=Cc3cc(OC)ccc3-c3c(C4CCCCC4)c4ccc(C(=O)NS(=O)(=O)C(C)C)cc4n3C2)CCO1. The van der Waals surface area contributed by atoms with Gasteiger partial charge in [-0.1, -0.05) is 25.3 Å². The highest BCUT2D eigenvalue weighted by molar-refractivity contribution is 7.90. The summed E-state index contributed by atoms with van der Waals surface area (Å²) in [6.07, 6.45) is 2.93. The highest BCUT2D eigenvalue weighted by Crippen LogP contribution is 2.48. The molecule has 1 saturated heterocycles. The van der Waals surface area contributed by atoms with E-state index in [9.17, 15) is 31.2 Å². The molecule has 56 heavy (non-hydrogen) atoms. The summed E-state index contributed by atoms with van der Waals surface area (Å²) in [5.74, 6) is -0.599. The number of nitrogens with one attached hydrogen (secondary N) is 1. The van der Waals surface area contributed by atoms with Crippen LogP contribution in [0.2, 0.25) is 0 Å². The highest BCUT2D eigenvalue weighted by atomic mass is 32.2. The zero-order valence-corrected chi connectivity index (χ0v) is 32.6. The van der Waals surface area contributed by atoms with Gasteiger partial charge < -0.3 is 23.7 Å². The summed E-state index contributed by atoms with van der Waals surface area (Å²) in [5, 5.41) is 4.17. The molecule has 2 aromatic carbocycles. The smallest absolute Gasteiger partial charge is 0.408 e. The first-order valence-corrected chi connectivity index (χ1v) is 20.4. The van der Waals surface area contributed by atoms with E-state index in [4.69, 9.17) is 14.2 Å². The minimum Gasteiger partial charge on any atom is -0.497 e. The minimum absolute atomic E-state index is 0.00412. The number of aromatic nitrogens is 3. The molecule has 1 saturated carbocycles. The third-order valence-electron chi connectivity index (χ3n) is 10.9. The van der Waals surface area contributed by atoms with Crippen LogP contribution in [-0.2, 0) is 32.6 Å². The third kappa shape index (κ3) is 7.83. The fourth-order valence-corrected chi connectivity index (χ4v) is 8.78. The maximum Gasteiger partial charge on any atom is 0.408 e. The zero-order valence-electron chi connectivity index (χ0n) is 31.8. The number of fused-ring (bicyclic) bond motifs is 5. The molecule has 2 aliphatic heterocycles. The monoisotopic (exact) mass is 797 g/mol. The molecule has 12 nitrogen and oxygen atoms in total. The van der Waals surface area contributed by atoms with Crippen molar-refractivity contribution in [1.29, 1.82) is 0 Å². The Balaban J connectivity index is 1.46.